The van der Waals surface area contributed by atoms with Gasteiger partial charge in [-0.25, -0.2) is 17.6 Å². The molecule has 0 unspecified atom stereocenters. The van der Waals surface area contributed by atoms with Crippen LogP contribution in [0.4, 0.5) is 17.6 Å². The van der Waals surface area contributed by atoms with E-state index < -0.39 is 29.2 Å². The fourth-order valence-corrected chi connectivity index (χ4v) is 3.26. The van der Waals surface area contributed by atoms with Gasteiger partial charge in [-0.15, -0.1) is 5.10 Å². The monoisotopic (exact) mass is 420 g/mol. The Bertz CT molecular complexity index is 1080. The van der Waals surface area contributed by atoms with Gasteiger partial charge in [0.15, 0.2) is 17.5 Å². The number of amides is 1. The van der Waals surface area contributed by atoms with Crippen molar-refractivity contribution in [3.05, 3.63) is 71.1 Å². The van der Waals surface area contributed by atoms with Crippen LogP contribution >= 0.6 is 0 Å². The molecule has 30 heavy (non-hydrogen) atoms. The first-order valence-corrected chi connectivity index (χ1v) is 9.12. The zero-order chi connectivity index (χ0) is 21.3. The first-order valence-electron chi connectivity index (χ1n) is 9.12. The zero-order valence-electron chi connectivity index (χ0n) is 15.6. The molecule has 7 nitrogen and oxygen atoms in total. The number of carbonyl (C=O) groups is 1. The number of rotatable bonds is 4. The molecule has 0 radical (unpaired) electrons. The van der Waals surface area contributed by atoms with Crippen LogP contribution in [-0.4, -0.2) is 62.1 Å². The van der Waals surface area contributed by atoms with Gasteiger partial charge in [0.25, 0.3) is 5.91 Å². The highest BCUT2D eigenvalue weighted by atomic mass is 19.2. The van der Waals surface area contributed by atoms with E-state index in [9.17, 15) is 22.4 Å². The summed E-state index contributed by atoms with van der Waals surface area (Å²) >= 11 is 0. The Balaban J connectivity index is 1.40. The standard InChI is InChI=1S/C19H16F4N6O/c20-12-1-3-14(16(22)9-12)19(30)28-7-5-27(6-8-28)11-18-24-25-26-29(18)13-2-4-15(21)17(23)10-13/h1-4,9-10H,5-8,11H2. The molecule has 1 aromatic heterocycles. The Hall–Kier alpha value is -3.34. The van der Waals surface area contributed by atoms with Crippen LogP contribution in [0.25, 0.3) is 5.69 Å². The second-order valence-corrected chi connectivity index (χ2v) is 6.80. The lowest BCUT2D eigenvalue weighted by atomic mass is 10.1. The second-order valence-electron chi connectivity index (χ2n) is 6.80. The molecule has 0 atom stereocenters. The predicted molar refractivity (Wildman–Crippen MR) is 96.6 cm³/mol. The highest BCUT2D eigenvalue weighted by Gasteiger charge is 2.25. The lowest BCUT2D eigenvalue weighted by Crippen LogP contribution is -2.48. The van der Waals surface area contributed by atoms with Crippen molar-refractivity contribution in [2.24, 2.45) is 0 Å². The van der Waals surface area contributed by atoms with Crippen molar-refractivity contribution in [1.82, 2.24) is 30.0 Å². The average molecular weight is 420 g/mol. The molecule has 2 aromatic carbocycles. The van der Waals surface area contributed by atoms with Crippen LogP contribution in [0.1, 0.15) is 16.2 Å². The number of hydrogen-bond acceptors (Lipinski definition) is 5. The summed E-state index contributed by atoms with van der Waals surface area (Å²) in [5.41, 5.74) is 0.113. The van der Waals surface area contributed by atoms with Crippen molar-refractivity contribution in [3.8, 4) is 5.69 Å². The van der Waals surface area contributed by atoms with E-state index >= 15 is 0 Å². The van der Waals surface area contributed by atoms with Crippen LogP contribution in [0.2, 0.25) is 0 Å². The summed E-state index contributed by atoms with van der Waals surface area (Å²) in [7, 11) is 0. The molecule has 1 aliphatic rings. The van der Waals surface area contributed by atoms with Crippen LogP contribution in [0.5, 0.6) is 0 Å². The summed E-state index contributed by atoms with van der Waals surface area (Å²) in [6.45, 7) is 1.93. The SMILES string of the molecule is O=C(c1ccc(F)cc1F)N1CCN(Cc2nnnn2-c2ccc(F)c(F)c2)CC1. The van der Waals surface area contributed by atoms with Crippen LogP contribution in [0, 0.1) is 23.3 Å². The zero-order valence-corrected chi connectivity index (χ0v) is 15.6. The summed E-state index contributed by atoms with van der Waals surface area (Å²) in [6.07, 6.45) is 0. The van der Waals surface area contributed by atoms with Gasteiger partial charge >= 0.3 is 0 Å². The molecule has 0 saturated carbocycles. The van der Waals surface area contributed by atoms with E-state index in [4.69, 9.17) is 0 Å². The summed E-state index contributed by atoms with van der Waals surface area (Å²) < 4.78 is 54.9. The fourth-order valence-electron chi connectivity index (χ4n) is 3.26. The Morgan fingerprint density at radius 3 is 2.37 bits per heavy atom. The molecule has 0 aliphatic carbocycles. The molecule has 0 bridgehead atoms. The van der Waals surface area contributed by atoms with Gasteiger partial charge in [0, 0.05) is 38.3 Å². The van der Waals surface area contributed by atoms with Crippen molar-refractivity contribution < 1.29 is 22.4 Å². The molecule has 3 aromatic rings. The number of nitrogens with zero attached hydrogens (tertiary/aromatic N) is 6. The van der Waals surface area contributed by atoms with E-state index in [0.29, 0.717) is 44.6 Å². The normalized spacial score (nSPS) is 14.9. The average Bonchev–Trinajstić information content (AvgIpc) is 3.18. The number of carbonyl (C=O) groups excluding carboxylic acids is 1. The van der Waals surface area contributed by atoms with Crippen LogP contribution < -0.4 is 0 Å². The third-order valence-corrected chi connectivity index (χ3v) is 4.87. The highest BCUT2D eigenvalue weighted by molar-refractivity contribution is 5.94. The maximum absolute atomic E-state index is 13.9. The van der Waals surface area contributed by atoms with Crippen molar-refractivity contribution in [2.75, 3.05) is 26.2 Å². The molecule has 11 heteroatoms. The van der Waals surface area contributed by atoms with Gasteiger partial charge in [-0.2, -0.15) is 4.68 Å². The predicted octanol–water partition coefficient (Wildman–Crippen LogP) is 2.18. The third kappa shape index (κ3) is 4.01. The first kappa shape index (κ1) is 20.0. The van der Waals surface area contributed by atoms with E-state index in [2.05, 4.69) is 15.5 Å². The van der Waals surface area contributed by atoms with E-state index in [1.54, 1.807) is 0 Å². The summed E-state index contributed by atoms with van der Waals surface area (Å²) in [5, 5.41) is 11.4. The van der Waals surface area contributed by atoms with Gasteiger partial charge in [-0.3, -0.25) is 9.69 Å². The molecular formula is C19H16F4N6O. The van der Waals surface area contributed by atoms with Gasteiger partial charge in [0.05, 0.1) is 17.8 Å². The number of piperazine rings is 1. The number of halogens is 4. The van der Waals surface area contributed by atoms with Crippen LogP contribution in [-0.2, 0) is 6.54 Å². The molecule has 1 saturated heterocycles. The summed E-state index contributed by atoms with van der Waals surface area (Å²) in [6, 6.07) is 6.23. The van der Waals surface area contributed by atoms with E-state index in [-0.39, 0.29) is 11.3 Å². The van der Waals surface area contributed by atoms with E-state index in [1.807, 2.05) is 4.90 Å². The quantitative estimate of drug-likeness (QED) is 0.606. The Kier molecular flexibility index (Phi) is 5.44. The number of hydrogen-bond donors (Lipinski definition) is 0. The Labute approximate surface area is 168 Å². The highest BCUT2D eigenvalue weighted by Crippen LogP contribution is 2.17. The number of benzene rings is 2. The molecule has 4 rings (SSSR count). The fraction of sp³-hybridized carbons (Fsp3) is 0.263. The minimum atomic E-state index is -1.01. The topological polar surface area (TPSA) is 67.2 Å². The smallest absolute Gasteiger partial charge is 0.256 e. The maximum Gasteiger partial charge on any atom is 0.256 e. The number of aromatic nitrogens is 4. The number of tetrazole rings is 1. The lowest BCUT2D eigenvalue weighted by molar-refractivity contribution is 0.0620. The van der Waals surface area contributed by atoms with Crippen molar-refractivity contribution in [2.45, 2.75) is 6.54 Å². The maximum atomic E-state index is 13.9. The second kappa shape index (κ2) is 8.19. The van der Waals surface area contributed by atoms with Gasteiger partial charge < -0.3 is 4.90 Å². The molecule has 1 aliphatic heterocycles. The van der Waals surface area contributed by atoms with Gasteiger partial charge in [-0.05, 0) is 34.7 Å². The Morgan fingerprint density at radius 1 is 0.900 bits per heavy atom. The van der Waals surface area contributed by atoms with Crippen molar-refractivity contribution in [3.63, 3.8) is 0 Å². The van der Waals surface area contributed by atoms with Crippen LogP contribution in [0.3, 0.4) is 0 Å². The van der Waals surface area contributed by atoms with E-state index in [0.717, 1.165) is 24.3 Å². The first-order chi connectivity index (χ1) is 14.4. The summed E-state index contributed by atoms with van der Waals surface area (Å²) in [5.74, 6) is -3.69. The van der Waals surface area contributed by atoms with Crippen molar-refractivity contribution >= 4 is 5.91 Å². The molecule has 1 amide bonds. The molecule has 1 fully saturated rings. The van der Waals surface area contributed by atoms with Gasteiger partial charge in [-0.1, -0.05) is 0 Å². The van der Waals surface area contributed by atoms with Crippen LogP contribution in [0.15, 0.2) is 36.4 Å². The minimum Gasteiger partial charge on any atom is -0.336 e. The third-order valence-electron chi connectivity index (χ3n) is 4.87. The molecular weight excluding hydrogens is 404 g/mol. The molecule has 156 valence electrons. The molecule has 0 N–H and O–H groups in total. The minimum absolute atomic E-state index is 0.174. The van der Waals surface area contributed by atoms with E-state index in [1.165, 1.54) is 15.6 Å². The van der Waals surface area contributed by atoms with Gasteiger partial charge in [0.1, 0.15) is 11.6 Å². The molecule has 0 spiro atoms. The molecule has 2 heterocycles. The Morgan fingerprint density at radius 2 is 1.67 bits per heavy atom. The largest absolute Gasteiger partial charge is 0.336 e. The van der Waals surface area contributed by atoms with Crippen molar-refractivity contribution in [1.29, 1.82) is 0 Å². The lowest BCUT2D eigenvalue weighted by Gasteiger charge is -2.34. The summed E-state index contributed by atoms with van der Waals surface area (Å²) in [4.78, 5) is 16.0. The van der Waals surface area contributed by atoms with Gasteiger partial charge in [0.2, 0.25) is 0 Å².